The van der Waals surface area contributed by atoms with Gasteiger partial charge in [0.25, 0.3) is 5.91 Å². The second-order valence-corrected chi connectivity index (χ2v) is 9.18. The Morgan fingerprint density at radius 1 is 1.03 bits per heavy atom. The summed E-state index contributed by atoms with van der Waals surface area (Å²) in [7, 11) is -3.78. The topological polar surface area (TPSA) is 122 Å². The van der Waals surface area contributed by atoms with Crippen molar-refractivity contribution in [3.63, 3.8) is 0 Å². The number of ether oxygens (including phenoxy) is 1. The van der Waals surface area contributed by atoms with Crippen LogP contribution in [0.1, 0.15) is 42.3 Å². The maximum Gasteiger partial charge on any atom is 0.338 e. The first-order valence-electron chi connectivity index (χ1n) is 10.5. The van der Waals surface area contributed by atoms with E-state index in [2.05, 4.69) is 10.6 Å². The van der Waals surface area contributed by atoms with Crippen LogP contribution in [0.3, 0.4) is 0 Å². The normalized spacial score (nSPS) is 12.2. The van der Waals surface area contributed by atoms with E-state index in [-0.39, 0.29) is 30.1 Å². The number of imide groups is 1. The average molecular weight is 476 g/mol. The molecule has 0 spiro atoms. The summed E-state index contributed by atoms with van der Waals surface area (Å²) in [5.41, 5.74) is 1.33. The summed E-state index contributed by atoms with van der Waals surface area (Å²) in [6.45, 7) is 7.21. The number of sulfonamides is 1. The number of rotatable bonds is 9. The van der Waals surface area contributed by atoms with Gasteiger partial charge < -0.3 is 10.1 Å². The Morgan fingerprint density at radius 2 is 1.67 bits per heavy atom. The zero-order valence-electron chi connectivity index (χ0n) is 19.1. The van der Waals surface area contributed by atoms with Crippen LogP contribution in [0.25, 0.3) is 0 Å². The number of carbonyl (C=O) groups excluding carboxylic acids is 3. The molecule has 178 valence electrons. The fourth-order valence-corrected chi connectivity index (χ4v) is 4.73. The lowest BCUT2D eigenvalue weighted by Crippen LogP contribution is -2.44. The lowest BCUT2D eigenvalue weighted by atomic mass is 10.1. The number of esters is 1. The summed E-state index contributed by atoms with van der Waals surface area (Å²) in [6, 6.07) is 12.6. The van der Waals surface area contributed by atoms with Crippen molar-refractivity contribution in [1.29, 1.82) is 0 Å². The predicted molar refractivity (Wildman–Crippen MR) is 123 cm³/mol. The molecule has 0 aromatic heterocycles. The highest BCUT2D eigenvalue weighted by molar-refractivity contribution is 7.89. The van der Waals surface area contributed by atoms with Crippen LogP contribution in [-0.2, 0) is 26.1 Å². The summed E-state index contributed by atoms with van der Waals surface area (Å²) in [4.78, 5) is 36.7. The summed E-state index contributed by atoms with van der Waals surface area (Å²) >= 11 is 0. The maximum absolute atomic E-state index is 12.9. The lowest BCUT2D eigenvalue weighted by molar-refractivity contribution is -0.127. The second kappa shape index (κ2) is 11.6. The molecule has 1 atom stereocenters. The van der Waals surface area contributed by atoms with Crippen molar-refractivity contribution in [1.82, 2.24) is 14.9 Å². The quantitative estimate of drug-likeness (QED) is 0.538. The highest BCUT2D eigenvalue weighted by Crippen LogP contribution is 2.22. The third-order valence-electron chi connectivity index (χ3n) is 4.93. The van der Waals surface area contributed by atoms with Crippen molar-refractivity contribution in [2.24, 2.45) is 0 Å². The van der Waals surface area contributed by atoms with Crippen molar-refractivity contribution in [2.45, 2.75) is 45.2 Å². The smallest absolute Gasteiger partial charge is 0.338 e. The third kappa shape index (κ3) is 6.87. The van der Waals surface area contributed by atoms with Crippen molar-refractivity contribution < 1.29 is 27.5 Å². The molecule has 0 heterocycles. The van der Waals surface area contributed by atoms with Gasteiger partial charge in [0.05, 0.1) is 10.5 Å². The van der Waals surface area contributed by atoms with E-state index in [1.165, 1.54) is 29.4 Å². The monoisotopic (exact) mass is 475 g/mol. The van der Waals surface area contributed by atoms with Crippen LogP contribution in [0, 0.1) is 6.92 Å². The molecule has 2 aromatic carbocycles. The molecule has 33 heavy (non-hydrogen) atoms. The molecule has 10 heteroatoms. The molecule has 0 saturated carbocycles. The van der Waals surface area contributed by atoms with E-state index in [9.17, 15) is 22.8 Å². The van der Waals surface area contributed by atoms with Gasteiger partial charge in [0.1, 0.15) is 0 Å². The Hall–Kier alpha value is -3.24. The van der Waals surface area contributed by atoms with Gasteiger partial charge in [0.15, 0.2) is 6.10 Å². The third-order valence-corrected chi connectivity index (χ3v) is 7.12. The molecular weight excluding hydrogens is 446 g/mol. The van der Waals surface area contributed by atoms with Crippen LogP contribution in [0.2, 0.25) is 0 Å². The number of benzene rings is 2. The van der Waals surface area contributed by atoms with Crippen LogP contribution < -0.4 is 10.6 Å². The number of hydrogen-bond donors (Lipinski definition) is 2. The van der Waals surface area contributed by atoms with E-state index in [0.29, 0.717) is 5.56 Å². The Labute approximate surface area is 194 Å². The van der Waals surface area contributed by atoms with Crippen molar-refractivity contribution in [2.75, 3.05) is 13.1 Å². The SMILES string of the molecule is CCN(CC)S(=O)(=O)c1cc(C(=O)OC(C)C(=O)NC(=O)NCc2ccccc2)ccc1C. The molecule has 1 unspecified atom stereocenters. The van der Waals surface area contributed by atoms with E-state index >= 15 is 0 Å². The van der Waals surface area contributed by atoms with E-state index < -0.39 is 34.0 Å². The van der Waals surface area contributed by atoms with Crippen LogP contribution in [0.15, 0.2) is 53.4 Å². The highest BCUT2D eigenvalue weighted by atomic mass is 32.2. The predicted octanol–water partition coefficient (Wildman–Crippen LogP) is 2.60. The molecule has 0 saturated heterocycles. The molecule has 0 aliphatic rings. The largest absolute Gasteiger partial charge is 0.449 e. The molecule has 0 aliphatic carbocycles. The highest BCUT2D eigenvalue weighted by Gasteiger charge is 2.26. The van der Waals surface area contributed by atoms with Gasteiger partial charge in [-0.15, -0.1) is 0 Å². The summed E-state index contributed by atoms with van der Waals surface area (Å²) in [5.74, 6) is -1.68. The summed E-state index contributed by atoms with van der Waals surface area (Å²) < 4.78 is 32.2. The van der Waals surface area contributed by atoms with E-state index in [1.807, 2.05) is 30.3 Å². The Kier molecular flexibility index (Phi) is 9.12. The van der Waals surface area contributed by atoms with Gasteiger partial charge in [-0.1, -0.05) is 50.2 Å². The van der Waals surface area contributed by atoms with Crippen LogP contribution in [0.4, 0.5) is 4.79 Å². The van der Waals surface area contributed by atoms with Gasteiger partial charge in [-0.25, -0.2) is 18.0 Å². The number of urea groups is 1. The molecular formula is C23H29N3O6S. The zero-order chi connectivity index (χ0) is 24.6. The van der Waals surface area contributed by atoms with Gasteiger partial charge in [-0.3, -0.25) is 10.1 Å². The number of carbonyl (C=O) groups is 3. The van der Waals surface area contributed by atoms with Crippen LogP contribution >= 0.6 is 0 Å². The summed E-state index contributed by atoms with van der Waals surface area (Å²) in [5, 5.41) is 4.65. The minimum absolute atomic E-state index is 0.00181. The summed E-state index contributed by atoms with van der Waals surface area (Å²) in [6.07, 6.45) is -1.27. The Balaban J connectivity index is 2.02. The molecule has 3 amide bonds. The Morgan fingerprint density at radius 3 is 2.27 bits per heavy atom. The number of amides is 3. The van der Waals surface area contributed by atoms with Crippen molar-refractivity contribution in [3.05, 3.63) is 65.2 Å². The fraction of sp³-hybridized carbons (Fsp3) is 0.348. The number of hydrogen-bond acceptors (Lipinski definition) is 6. The fourth-order valence-electron chi connectivity index (χ4n) is 3.03. The molecule has 2 aromatic rings. The van der Waals surface area contributed by atoms with Gasteiger partial charge in [-0.05, 0) is 37.1 Å². The molecule has 0 bridgehead atoms. The number of aryl methyl sites for hydroxylation is 1. The van der Waals surface area contributed by atoms with Gasteiger partial charge in [0.2, 0.25) is 10.0 Å². The minimum atomic E-state index is -3.78. The molecule has 2 rings (SSSR count). The van der Waals surface area contributed by atoms with Crippen LogP contribution in [-0.4, -0.2) is 49.8 Å². The van der Waals surface area contributed by atoms with Gasteiger partial charge >= 0.3 is 12.0 Å². The second-order valence-electron chi connectivity index (χ2n) is 7.27. The number of nitrogens with zero attached hydrogens (tertiary/aromatic N) is 1. The molecule has 0 fully saturated rings. The minimum Gasteiger partial charge on any atom is -0.449 e. The van der Waals surface area contributed by atoms with Gasteiger partial charge in [0, 0.05) is 19.6 Å². The maximum atomic E-state index is 12.9. The van der Waals surface area contributed by atoms with Crippen LogP contribution in [0.5, 0.6) is 0 Å². The average Bonchev–Trinajstić information content (AvgIpc) is 2.79. The van der Waals surface area contributed by atoms with E-state index in [0.717, 1.165) is 5.56 Å². The zero-order valence-corrected chi connectivity index (χ0v) is 19.9. The Bertz CT molecular complexity index is 1100. The molecule has 9 nitrogen and oxygen atoms in total. The molecule has 0 radical (unpaired) electrons. The first-order chi connectivity index (χ1) is 15.6. The standard InChI is InChI=1S/C23H29N3O6S/c1-5-26(6-2)33(30,31)20-14-19(13-12-16(20)3)22(28)32-17(4)21(27)25-23(29)24-15-18-10-8-7-9-11-18/h7-14,17H,5-6,15H2,1-4H3,(H2,24,25,27,29). The van der Waals surface area contributed by atoms with E-state index in [1.54, 1.807) is 20.8 Å². The molecule has 2 N–H and O–H groups in total. The van der Waals surface area contributed by atoms with Gasteiger partial charge in [-0.2, -0.15) is 4.31 Å². The lowest BCUT2D eigenvalue weighted by Gasteiger charge is -2.20. The van der Waals surface area contributed by atoms with Crippen molar-refractivity contribution >= 4 is 27.9 Å². The number of nitrogens with one attached hydrogen (secondary N) is 2. The molecule has 0 aliphatic heterocycles. The van der Waals surface area contributed by atoms with E-state index in [4.69, 9.17) is 4.74 Å². The first kappa shape index (κ1) is 26.0. The van der Waals surface area contributed by atoms with Crippen molar-refractivity contribution in [3.8, 4) is 0 Å². The first-order valence-corrected chi connectivity index (χ1v) is 12.0.